The Kier molecular flexibility index (Phi) is 5.68. The lowest BCUT2D eigenvalue weighted by Crippen LogP contribution is -2.37. The van der Waals surface area contributed by atoms with Crippen LogP contribution in [0.5, 0.6) is 0 Å². The van der Waals surface area contributed by atoms with Crippen LogP contribution in [-0.2, 0) is 27.6 Å². The number of halogens is 2. The van der Waals surface area contributed by atoms with Gasteiger partial charge in [0.25, 0.3) is 5.91 Å². The topological polar surface area (TPSA) is 66.8 Å². The van der Waals surface area contributed by atoms with Gasteiger partial charge in [0.05, 0.1) is 24.0 Å². The number of nitrogens with zero attached hydrogens (tertiary/aromatic N) is 2. The molecule has 2 aliphatic heterocycles. The monoisotopic (exact) mass is 452 g/mol. The number of sulfone groups is 1. The second-order valence-electron chi connectivity index (χ2n) is 7.11. The number of carbonyl (C=O) groups excluding carboxylic acids is 1. The number of rotatable bonds is 4. The minimum Gasteiger partial charge on any atom is -0.342 e. The highest BCUT2D eigenvalue weighted by Crippen LogP contribution is 2.39. The molecule has 0 radical (unpaired) electrons. The van der Waals surface area contributed by atoms with E-state index in [0.29, 0.717) is 22.3 Å². The van der Waals surface area contributed by atoms with E-state index in [2.05, 4.69) is 4.99 Å². The third-order valence-electron chi connectivity index (χ3n) is 4.96. The van der Waals surface area contributed by atoms with Gasteiger partial charge in [-0.15, -0.1) is 0 Å². The number of hydrogen-bond acceptors (Lipinski definition) is 4. The molecule has 0 unspecified atom stereocenters. The number of benzene rings is 2. The third kappa shape index (κ3) is 4.65. The van der Waals surface area contributed by atoms with Crippen molar-refractivity contribution in [1.29, 1.82) is 0 Å². The fourth-order valence-corrected chi connectivity index (χ4v) is 7.72. The predicted octanol–water partition coefficient (Wildman–Crippen LogP) is 3.32. The predicted molar refractivity (Wildman–Crippen MR) is 113 cm³/mol. The normalized spacial score (nSPS) is 24.1. The van der Waals surface area contributed by atoms with Crippen molar-refractivity contribution < 1.29 is 17.6 Å². The van der Waals surface area contributed by atoms with Gasteiger partial charge in [-0.2, -0.15) is 4.99 Å². The van der Waals surface area contributed by atoms with Gasteiger partial charge in [-0.1, -0.05) is 53.7 Å². The van der Waals surface area contributed by atoms with E-state index in [1.165, 1.54) is 23.9 Å². The second-order valence-corrected chi connectivity index (χ2v) is 10.9. The number of amides is 1. The standard InChI is InChI=1S/C20H18ClFN2O3S2/c21-16-4-2-1-3-14(16)10-24-17-11-29(26,27)12-18(17)28-20(24)23-19(25)9-13-5-7-15(22)8-6-13/h1-8,17-18H,9-12H2/t17-,18+/m1/s1. The van der Waals surface area contributed by atoms with Crippen LogP contribution in [-0.4, -0.2) is 47.2 Å². The van der Waals surface area contributed by atoms with Crippen molar-refractivity contribution in [3.05, 3.63) is 70.5 Å². The molecule has 2 aromatic carbocycles. The fourth-order valence-electron chi connectivity index (χ4n) is 3.55. The Morgan fingerprint density at radius 2 is 1.90 bits per heavy atom. The van der Waals surface area contributed by atoms with Crippen LogP contribution < -0.4 is 0 Å². The summed E-state index contributed by atoms with van der Waals surface area (Å²) in [5.41, 5.74) is 1.52. The fraction of sp³-hybridized carbons (Fsp3) is 0.300. The van der Waals surface area contributed by atoms with E-state index >= 15 is 0 Å². The molecule has 2 atom stereocenters. The van der Waals surface area contributed by atoms with Crippen LogP contribution in [0, 0.1) is 5.82 Å². The average molecular weight is 453 g/mol. The molecule has 2 heterocycles. The molecule has 152 valence electrons. The van der Waals surface area contributed by atoms with E-state index in [4.69, 9.17) is 11.6 Å². The van der Waals surface area contributed by atoms with Crippen LogP contribution in [0.15, 0.2) is 53.5 Å². The molecule has 29 heavy (non-hydrogen) atoms. The first kappa shape index (κ1) is 20.4. The zero-order valence-corrected chi connectivity index (χ0v) is 17.7. The summed E-state index contributed by atoms with van der Waals surface area (Å²) >= 11 is 7.62. The summed E-state index contributed by atoms with van der Waals surface area (Å²) in [6, 6.07) is 12.8. The number of carbonyl (C=O) groups is 1. The first-order valence-electron chi connectivity index (χ1n) is 9.04. The van der Waals surface area contributed by atoms with Gasteiger partial charge in [0.2, 0.25) is 0 Å². The highest BCUT2D eigenvalue weighted by atomic mass is 35.5. The second kappa shape index (κ2) is 8.08. The van der Waals surface area contributed by atoms with Crippen molar-refractivity contribution in [2.45, 2.75) is 24.3 Å². The molecule has 2 saturated heterocycles. The van der Waals surface area contributed by atoms with Crippen molar-refractivity contribution in [2.24, 2.45) is 4.99 Å². The van der Waals surface area contributed by atoms with Crippen LogP contribution in [0.25, 0.3) is 0 Å². The van der Waals surface area contributed by atoms with Crippen LogP contribution in [0.3, 0.4) is 0 Å². The summed E-state index contributed by atoms with van der Waals surface area (Å²) in [5, 5.41) is 0.945. The van der Waals surface area contributed by atoms with Crippen molar-refractivity contribution in [3.63, 3.8) is 0 Å². The minimum atomic E-state index is -3.12. The lowest BCUT2D eigenvalue weighted by molar-refractivity contribution is -0.117. The van der Waals surface area contributed by atoms with Gasteiger partial charge in [0.15, 0.2) is 15.0 Å². The van der Waals surface area contributed by atoms with Crippen molar-refractivity contribution in [2.75, 3.05) is 11.5 Å². The van der Waals surface area contributed by atoms with Crippen molar-refractivity contribution in [3.8, 4) is 0 Å². The highest BCUT2D eigenvalue weighted by molar-refractivity contribution is 8.15. The summed E-state index contributed by atoms with van der Waals surface area (Å²) < 4.78 is 37.3. The molecule has 0 N–H and O–H groups in total. The van der Waals surface area contributed by atoms with Gasteiger partial charge in [-0.3, -0.25) is 4.79 Å². The molecule has 5 nitrogen and oxygen atoms in total. The molecule has 2 aromatic rings. The van der Waals surface area contributed by atoms with E-state index in [9.17, 15) is 17.6 Å². The maximum atomic E-state index is 13.1. The summed E-state index contributed by atoms with van der Waals surface area (Å²) in [5.74, 6) is -0.600. The zero-order valence-electron chi connectivity index (χ0n) is 15.3. The van der Waals surface area contributed by atoms with E-state index in [1.54, 1.807) is 18.2 Å². The number of hydrogen-bond donors (Lipinski definition) is 0. The molecule has 2 fully saturated rings. The van der Waals surface area contributed by atoms with E-state index in [1.807, 2.05) is 23.1 Å². The summed E-state index contributed by atoms with van der Waals surface area (Å²) in [6.45, 7) is 0.381. The number of amidine groups is 1. The Bertz CT molecular complexity index is 1070. The van der Waals surface area contributed by atoms with Gasteiger partial charge in [0, 0.05) is 16.8 Å². The molecule has 1 amide bonds. The Hall–Kier alpha value is -1.90. The number of aliphatic imine (C=N–C) groups is 1. The first-order valence-corrected chi connectivity index (χ1v) is 12.1. The molecular weight excluding hydrogens is 435 g/mol. The maximum absolute atomic E-state index is 13.1. The number of thioether (sulfide) groups is 1. The Balaban J connectivity index is 1.58. The molecule has 4 rings (SSSR count). The molecule has 0 aliphatic carbocycles. The molecule has 0 saturated carbocycles. The van der Waals surface area contributed by atoms with Crippen molar-refractivity contribution >= 4 is 44.3 Å². The highest BCUT2D eigenvalue weighted by Gasteiger charge is 2.48. The van der Waals surface area contributed by atoms with Crippen LogP contribution in [0.1, 0.15) is 11.1 Å². The summed E-state index contributed by atoms with van der Waals surface area (Å²) in [6.07, 6.45) is 0.0535. The smallest absolute Gasteiger partial charge is 0.252 e. The Morgan fingerprint density at radius 3 is 2.62 bits per heavy atom. The van der Waals surface area contributed by atoms with E-state index < -0.39 is 9.84 Å². The number of fused-ring (bicyclic) bond motifs is 1. The molecule has 9 heteroatoms. The van der Waals surface area contributed by atoms with Gasteiger partial charge in [0.1, 0.15) is 5.82 Å². The Morgan fingerprint density at radius 1 is 1.17 bits per heavy atom. The van der Waals surface area contributed by atoms with E-state index in [-0.39, 0.29) is 40.9 Å². The average Bonchev–Trinajstić information content (AvgIpc) is 3.11. The summed E-state index contributed by atoms with van der Waals surface area (Å²) in [7, 11) is -3.12. The van der Waals surface area contributed by atoms with E-state index in [0.717, 1.165) is 5.56 Å². The van der Waals surface area contributed by atoms with Gasteiger partial charge >= 0.3 is 0 Å². The lowest BCUT2D eigenvalue weighted by Gasteiger charge is -2.25. The Labute approximate surface area is 177 Å². The minimum absolute atomic E-state index is 0.0420. The largest absolute Gasteiger partial charge is 0.342 e. The van der Waals surface area contributed by atoms with Crippen LogP contribution in [0.4, 0.5) is 4.39 Å². The maximum Gasteiger partial charge on any atom is 0.252 e. The molecule has 0 aromatic heterocycles. The summed E-state index contributed by atoms with van der Waals surface area (Å²) in [4.78, 5) is 18.6. The zero-order chi connectivity index (χ0) is 20.6. The van der Waals surface area contributed by atoms with Gasteiger partial charge in [-0.25, -0.2) is 12.8 Å². The van der Waals surface area contributed by atoms with Gasteiger partial charge in [-0.05, 0) is 29.3 Å². The molecular formula is C20H18ClFN2O3S2. The quantitative estimate of drug-likeness (QED) is 0.712. The first-order chi connectivity index (χ1) is 13.8. The molecule has 0 spiro atoms. The third-order valence-corrected chi connectivity index (χ3v) is 8.58. The molecule has 2 aliphatic rings. The SMILES string of the molecule is O=C(Cc1ccc(F)cc1)N=C1S[C@H]2CS(=O)(=O)C[C@H]2N1Cc1ccccc1Cl. The van der Waals surface area contributed by atoms with Crippen LogP contribution in [0.2, 0.25) is 5.02 Å². The van der Waals surface area contributed by atoms with Crippen molar-refractivity contribution in [1.82, 2.24) is 4.90 Å². The lowest BCUT2D eigenvalue weighted by atomic mass is 10.1. The molecule has 0 bridgehead atoms. The van der Waals surface area contributed by atoms with Gasteiger partial charge < -0.3 is 4.90 Å². The van der Waals surface area contributed by atoms with Crippen LogP contribution >= 0.6 is 23.4 Å².